The number of carbonyl (C=O) groups is 2. The first-order valence-electron chi connectivity index (χ1n) is 8.82. The van der Waals surface area contributed by atoms with Crippen LogP contribution < -0.4 is 5.73 Å². The van der Waals surface area contributed by atoms with E-state index in [1.165, 1.54) is 16.2 Å². The van der Waals surface area contributed by atoms with Crippen LogP contribution in [0, 0.1) is 24.7 Å². The molecule has 0 saturated carbocycles. The Bertz CT molecular complexity index is 1130. The van der Waals surface area contributed by atoms with Gasteiger partial charge in [-0.25, -0.2) is 9.97 Å². The van der Waals surface area contributed by atoms with E-state index in [4.69, 9.17) is 5.73 Å². The van der Waals surface area contributed by atoms with Gasteiger partial charge in [0.2, 0.25) is 12.2 Å². The van der Waals surface area contributed by atoms with Gasteiger partial charge in [-0.2, -0.15) is 0 Å². The molecule has 3 rings (SSSR count). The quantitative estimate of drug-likeness (QED) is 0.468. The molecule has 3 N–H and O–H groups in total. The molecule has 0 fully saturated rings. The van der Waals surface area contributed by atoms with Gasteiger partial charge in [0, 0.05) is 31.1 Å². The third kappa shape index (κ3) is 5.65. The van der Waals surface area contributed by atoms with Gasteiger partial charge >= 0.3 is 0 Å². The number of amides is 2. The molecule has 0 radical (unpaired) electrons. The van der Waals surface area contributed by atoms with E-state index in [9.17, 15) is 14.7 Å². The number of thiophene rings is 1. The van der Waals surface area contributed by atoms with Crippen molar-refractivity contribution >= 4 is 33.9 Å². The van der Waals surface area contributed by atoms with Crippen molar-refractivity contribution in [1.82, 2.24) is 14.9 Å². The second-order valence-corrected chi connectivity index (χ2v) is 7.05. The zero-order valence-electron chi connectivity index (χ0n) is 16.3. The molecular weight excluding hydrogens is 400 g/mol. The highest BCUT2D eigenvalue weighted by atomic mass is 32.1. The Morgan fingerprint density at radius 1 is 1.37 bits per heavy atom. The van der Waals surface area contributed by atoms with Gasteiger partial charge in [0.05, 0.1) is 15.9 Å². The lowest BCUT2D eigenvalue weighted by Gasteiger charge is -2.10. The first-order chi connectivity index (χ1) is 14.5. The summed E-state index contributed by atoms with van der Waals surface area (Å²) in [5, 5.41) is 11.8. The van der Waals surface area contributed by atoms with E-state index in [1.807, 2.05) is 35.7 Å². The van der Waals surface area contributed by atoms with Crippen LogP contribution >= 0.6 is 11.3 Å². The molecule has 0 unspecified atom stereocenters. The Morgan fingerprint density at radius 3 is 2.83 bits per heavy atom. The van der Waals surface area contributed by atoms with Crippen LogP contribution in [0.2, 0.25) is 0 Å². The van der Waals surface area contributed by atoms with Crippen molar-refractivity contribution in [2.45, 2.75) is 12.5 Å². The number of carbonyl (C=O) groups excluding carboxylic acids is 2. The van der Waals surface area contributed by atoms with Gasteiger partial charge in [0.25, 0.3) is 5.91 Å². The minimum Gasteiger partial charge on any atom is -0.380 e. The number of aliphatic hydroxyl groups excluding tert-OH is 1. The highest BCUT2D eigenvalue weighted by Crippen LogP contribution is 2.30. The van der Waals surface area contributed by atoms with Crippen LogP contribution in [0.25, 0.3) is 21.5 Å². The van der Waals surface area contributed by atoms with Crippen molar-refractivity contribution < 1.29 is 14.7 Å². The molecule has 2 heterocycles. The third-order valence-electron chi connectivity index (χ3n) is 3.98. The normalized spacial score (nSPS) is 10.8. The van der Waals surface area contributed by atoms with Gasteiger partial charge in [-0.15, -0.1) is 24.2 Å². The van der Waals surface area contributed by atoms with E-state index in [1.54, 1.807) is 7.05 Å². The van der Waals surface area contributed by atoms with Gasteiger partial charge in [-0.1, -0.05) is 24.0 Å². The van der Waals surface area contributed by atoms with Crippen LogP contribution in [0.1, 0.15) is 22.6 Å². The molecule has 0 aliphatic heterocycles. The number of terminal acetylenes is 1. The average molecular weight is 420 g/mol. The van der Waals surface area contributed by atoms with Crippen molar-refractivity contribution in [2.24, 2.45) is 5.73 Å². The Balaban J connectivity index is 0.00000155. The summed E-state index contributed by atoms with van der Waals surface area (Å²) < 4.78 is 0.854. The zero-order valence-corrected chi connectivity index (χ0v) is 17.1. The number of nitrogens with zero attached hydrogens (tertiary/aromatic N) is 3. The number of rotatable bonds is 6. The molecule has 2 aromatic heterocycles. The van der Waals surface area contributed by atoms with Crippen molar-refractivity contribution in [3.8, 4) is 35.9 Å². The molecule has 0 bridgehead atoms. The lowest BCUT2D eigenvalue weighted by Crippen LogP contribution is -2.21. The molecule has 0 saturated heterocycles. The summed E-state index contributed by atoms with van der Waals surface area (Å²) in [6.45, 7) is 0.423. The molecule has 2 amide bonds. The van der Waals surface area contributed by atoms with Crippen molar-refractivity contribution in [3.63, 3.8) is 0 Å². The Hall–Kier alpha value is -3.72. The molecule has 7 nitrogen and oxygen atoms in total. The van der Waals surface area contributed by atoms with Gasteiger partial charge in [0.15, 0.2) is 0 Å². The molecule has 1 aromatic carbocycles. The average Bonchev–Trinajstić information content (AvgIpc) is 3.25. The summed E-state index contributed by atoms with van der Waals surface area (Å²) in [5.74, 6) is 4.99. The predicted octanol–water partition coefficient (Wildman–Crippen LogP) is 1.90. The molecule has 0 aliphatic carbocycles. The number of aromatic nitrogens is 2. The van der Waals surface area contributed by atoms with Gasteiger partial charge in [-0.05, 0) is 23.6 Å². The first kappa shape index (κ1) is 22.6. The lowest BCUT2D eigenvalue weighted by molar-refractivity contribution is -0.117. The van der Waals surface area contributed by atoms with Gasteiger partial charge < -0.3 is 15.7 Å². The molecule has 0 spiro atoms. The van der Waals surface area contributed by atoms with Crippen molar-refractivity contribution in [1.29, 1.82) is 0 Å². The number of aliphatic hydroxyl groups is 1. The van der Waals surface area contributed by atoms with Crippen LogP contribution in [0.4, 0.5) is 0 Å². The minimum atomic E-state index is -0.837. The number of benzene rings is 1. The van der Waals surface area contributed by atoms with E-state index in [-0.39, 0.29) is 5.82 Å². The highest BCUT2D eigenvalue weighted by Gasteiger charge is 2.14. The smallest absolute Gasteiger partial charge is 0.286 e. The van der Waals surface area contributed by atoms with Crippen LogP contribution in [0.3, 0.4) is 0 Å². The predicted molar refractivity (Wildman–Crippen MR) is 117 cm³/mol. The second-order valence-electron chi connectivity index (χ2n) is 6.14. The summed E-state index contributed by atoms with van der Waals surface area (Å²) in [7, 11) is 1.64. The lowest BCUT2D eigenvalue weighted by atomic mass is 10.1. The van der Waals surface area contributed by atoms with E-state index in [0.717, 1.165) is 10.3 Å². The molecule has 1 atom stereocenters. The largest absolute Gasteiger partial charge is 0.380 e. The number of nitrogens with two attached hydrogens (primary N) is 1. The Kier molecular flexibility index (Phi) is 8.07. The summed E-state index contributed by atoms with van der Waals surface area (Å²) in [5.41, 5.74) is 8.11. The van der Waals surface area contributed by atoms with Crippen LogP contribution in [0.5, 0.6) is 0 Å². The third-order valence-corrected chi connectivity index (χ3v) is 4.89. The fourth-order valence-corrected chi connectivity index (χ4v) is 3.37. The van der Waals surface area contributed by atoms with Crippen LogP contribution in [0.15, 0.2) is 35.7 Å². The van der Waals surface area contributed by atoms with Crippen LogP contribution in [-0.2, 0) is 4.79 Å². The molecule has 8 heteroatoms. The van der Waals surface area contributed by atoms with E-state index < -0.39 is 12.0 Å². The first-order valence-corrected chi connectivity index (χ1v) is 9.70. The van der Waals surface area contributed by atoms with E-state index in [0.29, 0.717) is 36.1 Å². The van der Waals surface area contributed by atoms with Crippen molar-refractivity contribution in [3.05, 3.63) is 47.1 Å². The monoisotopic (exact) mass is 420 g/mol. The van der Waals surface area contributed by atoms with Gasteiger partial charge in [-0.3, -0.25) is 9.59 Å². The maximum atomic E-state index is 11.6. The Morgan fingerprint density at radius 2 is 2.13 bits per heavy atom. The standard InChI is InChI=1S/C20H18N4O3S.C2H2/c1-24(12-25)9-7-15(26)6-5-13-3-2-4-14(11-13)17-18-16(8-10-28-18)22-20(23-17)19(21)27;1-2/h2-4,8,10-12,15,26H,7,9H2,1H3,(H2,21,27);1-2H/t15-;/m0./s1. The maximum Gasteiger partial charge on any atom is 0.286 e. The molecule has 3 aromatic rings. The van der Waals surface area contributed by atoms with Crippen LogP contribution in [-0.4, -0.2) is 52.0 Å². The summed E-state index contributed by atoms with van der Waals surface area (Å²) in [6, 6.07) is 9.17. The number of hydrogen-bond donors (Lipinski definition) is 2. The second kappa shape index (κ2) is 10.7. The zero-order chi connectivity index (χ0) is 22.1. The van der Waals surface area contributed by atoms with E-state index in [2.05, 4.69) is 34.7 Å². The molecular formula is C22H20N4O3S. The minimum absolute atomic E-state index is 0.0351. The summed E-state index contributed by atoms with van der Waals surface area (Å²) in [6.07, 6.45) is 8.23. The fraction of sp³-hybridized carbons (Fsp3) is 0.182. The number of primary amides is 1. The molecule has 0 aliphatic rings. The highest BCUT2D eigenvalue weighted by molar-refractivity contribution is 7.17. The van der Waals surface area contributed by atoms with Gasteiger partial charge in [0.1, 0.15) is 6.10 Å². The number of hydrogen-bond acceptors (Lipinski definition) is 6. The van der Waals surface area contributed by atoms with Crippen molar-refractivity contribution in [2.75, 3.05) is 13.6 Å². The fourth-order valence-electron chi connectivity index (χ4n) is 2.53. The van der Waals surface area contributed by atoms with E-state index >= 15 is 0 Å². The SMILES string of the molecule is C#C.CN(C=O)CC[C@@H](O)C#Cc1cccc(-c2nc(C(N)=O)nc3ccsc23)c1. The Labute approximate surface area is 178 Å². The maximum absolute atomic E-state index is 11.6. The molecule has 152 valence electrons. The summed E-state index contributed by atoms with van der Waals surface area (Å²) in [4.78, 5) is 32.1. The summed E-state index contributed by atoms with van der Waals surface area (Å²) >= 11 is 1.48. The number of fused-ring (bicyclic) bond motifs is 1. The molecule has 30 heavy (non-hydrogen) atoms. The topological polar surface area (TPSA) is 109 Å².